The Bertz CT molecular complexity index is 449. The normalized spacial score (nSPS) is 21.8. The Morgan fingerprint density at radius 2 is 1.84 bits per heavy atom. The molecule has 19 heavy (non-hydrogen) atoms. The quantitative estimate of drug-likeness (QED) is 0.920. The summed E-state index contributed by atoms with van der Waals surface area (Å²) in [4.78, 5) is 7.19. The number of nitrogens with one attached hydrogen (secondary N) is 1. The SMILES string of the molecule is Clc1ccc(C(C2=NCCN2)N2CCCCC2)cc1. The second-order valence-corrected chi connectivity index (χ2v) is 5.68. The van der Waals surface area contributed by atoms with Gasteiger partial charge in [-0.25, -0.2) is 0 Å². The van der Waals surface area contributed by atoms with Gasteiger partial charge in [0, 0.05) is 11.6 Å². The van der Waals surface area contributed by atoms with Crippen molar-refractivity contribution >= 4 is 17.4 Å². The maximum absolute atomic E-state index is 6.00. The third-order valence-electron chi connectivity index (χ3n) is 3.90. The first-order chi connectivity index (χ1) is 9.34. The van der Waals surface area contributed by atoms with E-state index in [0.29, 0.717) is 0 Å². The van der Waals surface area contributed by atoms with Gasteiger partial charge in [0.15, 0.2) is 0 Å². The number of rotatable bonds is 3. The highest BCUT2D eigenvalue weighted by Gasteiger charge is 2.28. The number of halogens is 1. The van der Waals surface area contributed by atoms with Crippen LogP contribution in [-0.2, 0) is 0 Å². The summed E-state index contributed by atoms with van der Waals surface area (Å²) in [5.41, 5.74) is 1.29. The standard InChI is InChI=1S/C15H20ClN3/c16-13-6-4-12(5-7-13)14(15-17-8-9-18-15)19-10-2-1-3-11-19/h4-7,14H,1-3,8-11H2,(H,17,18). The van der Waals surface area contributed by atoms with Crippen LogP contribution in [0.15, 0.2) is 29.3 Å². The topological polar surface area (TPSA) is 27.6 Å². The van der Waals surface area contributed by atoms with Crippen LogP contribution in [0.4, 0.5) is 0 Å². The Kier molecular flexibility index (Phi) is 4.04. The summed E-state index contributed by atoms with van der Waals surface area (Å²) >= 11 is 6.00. The Balaban J connectivity index is 1.88. The number of piperidine rings is 1. The minimum absolute atomic E-state index is 0.278. The molecule has 3 rings (SSSR count). The molecule has 1 atom stereocenters. The highest BCUT2D eigenvalue weighted by molar-refractivity contribution is 6.30. The number of benzene rings is 1. The highest BCUT2D eigenvalue weighted by Crippen LogP contribution is 2.27. The zero-order valence-electron chi connectivity index (χ0n) is 11.1. The molecule has 3 nitrogen and oxygen atoms in total. The lowest BCUT2D eigenvalue weighted by atomic mass is 10.0. The van der Waals surface area contributed by atoms with Gasteiger partial charge in [-0.1, -0.05) is 30.2 Å². The predicted octanol–water partition coefficient (Wildman–Crippen LogP) is 2.87. The van der Waals surface area contributed by atoms with Crippen molar-refractivity contribution in [2.45, 2.75) is 25.3 Å². The maximum atomic E-state index is 6.00. The van der Waals surface area contributed by atoms with Crippen LogP contribution in [0.25, 0.3) is 0 Å². The monoisotopic (exact) mass is 277 g/mol. The maximum Gasteiger partial charge on any atom is 0.119 e. The van der Waals surface area contributed by atoms with Crippen molar-refractivity contribution < 1.29 is 0 Å². The lowest BCUT2D eigenvalue weighted by molar-refractivity contribution is 0.201. The van der Waals surface area contributed by atoms with Crippen molar-refractivity contribution in [1.29, 1.82) is 0 Å². The van der Waals surface area contributed by atoms with E-state index < -0.39 is 0 Å². The largest absolute Gasteiger partial charge is 0.370 e. The van der Waals surface area contributed by atoms with Crippen LogP contribution in [0.1, 0.15) is 30.9 Å². The van der Waals surface area contributed by atoms with Crippen LogP contribution in [0.2, 0.25) is 5.02 Å². The summed E-state index contributed by atoms with van der Waals surface area (Å²) < 4.78 is 0. The van der Waals surface area contributed by atoms with E-state index in [4.69, 9.17) is 11.6 Å². The molecule has 0 spiro atoms. The first kappa shape index (κ1) is 12.9. The van der Waals surface area contributed by atoms with Gasteiger partial charge in [0.25, 0.3) is 0 Å². The van der Waals surface area contributed by atoms with E-state index in [2.05, 4.69) is 27.3 Å². The second kappa shape index (κ2) is 5.93. The minimum atomic E-state index is 0.278. The lowest BCUT2D eigenvalue weighted by Crippen LogP contribution is -2.41. The van der Waals surface area contributed by atoms with E-state index in [-0.39, 0.29) is 6.04 Å². The Morgan fingerprint density at radius 3 is 2.47 bits per heavy atom. The van der Waals surface area contributed by atoms with Gasteiger partial charge in [0.2, 0.25) is 0 Å². The fraction of sp³-hybridized carbons (Fsp3) is 0.533. The van der Waals surface area contributed by atoms with Crippen LogP contribution in [0, 0.1) is 0 Å². The molecular weight excluding hydrogens is 258 g/mol. The van der Waals surface area contributed by atoms with Gasteiger partial charge in [-0.3, -0.25) is 9.89 Å². The van der Waals surface area contributed by atoms with E-state index in [1.165, 1.54) is 24.8 Å². The smallest absolute Gasteiger partial charge is 0.119 e. The number of nitrogens with zero attached hydrogens (tertiary/aromatic N) is 2. The molecule has 2 heterocycles. The first-order valence-electron chi connectivity index (χ1n) is 7.12. The van der Waals surface area contributed by atoms with Crippen LogP contribution in [0.5, 0.6) is 0 Å². The molecule has 102 valence electrons. The molecule has 1 fully saturated rings. The van der Waals surface area contributed by atoms with Gasteiger partial charge in [-0.15, -0.1) is 0 Å². The van der Waals surface area contributed by atoms with Gasteiger partial charge < -0.3 is 5.32 Å². The third-order valence-corrected chi connectivity index (χ3v) is 4.15. The Hall–Kier alpha value is -1.06. The van der Waals surface area contributed by atoms with E-state index in [1.54, 1.807) is 0 Å². The molecule has 2 aliphatic heterocycles. The van der Waals surface area contributed by atoms with Crippen LogP contribution in [-0.4, -0.2) is 36.9 Å². The molecule has 0 bridgehead atoms. The zero-order valence-corrected chi connectivity index (χ0v) is 11.9. The van der Waals surface area contributed by atoms with Crippen LogP contribution < -0.4 is 5.32 Å². The number of amidine groups is 1. The van der Waals surface area contributed by atoms with Gasteiger partial charge in [0.1, 0.15) is 5.84 Å². The predicted molar refractivity (Wildman–Crippen MR) is 79.9 cm³/mol. The van der Waals surface area contributed by atoms with Crippen molar-refractivity contribution in [2.75, 3.05) is 26.2 Å². The summed E-state index contributed by atoms with van der Waals surface area (Å²) in [6.45, 7) is 4.18. The summed E-state index contributed by atoms with van der Waals surface area (Å²) in [7, 11) is 0. The van der Waals surface area contributed by atoms with E-state index in [0.717, 1.165) is 37.0 Å². The molecule has 0 aliphatic carbocycles. The Labute approximate surface area is 119 Å². The van der Waals surface area contributed by atoms with Crippen molar-refractivity contribution in [3.05, 3.63) is 34.9 Å². The summed E-state index contributed by atoms with van der Waals surface area (Å²) in [5.74, 6) is 1.13. The summed E-state index contributed by atoms with van der Waals surface area (Å²) in [5, 5.41) is 4.24. The van der Waals surface area contributed by atoms with Gasteiger partial charge in [-0.2, -0.15) is 0 Å². The highest BCUT2D eigenvalue weighted by atomic mass is 35.5. The fourth-order valence-corrected chi connectivity index (χ4v) is 3.09. The third kappa shape index (κ3) is 2.93. The average molecular weight is 278 g/mol. The van der Waals surface area contributed by atoms with Gasteiger partial charge in [0.05, 0.1) is 12.6 Å². The number of likely N-dealkylation sites (tertiary alicyclic amines) is 1. The average Bonchev–Trinajstić information content (AvgIpc) is 2.96. The molecule has 1 unspecified atom stereocenters. The number of aliphatic imine (C=N–C) groups is 1. The molecule has 0 saturated carbocycles. The molecule has 4 heteroatoms. The van der Waals surface area contributed by atoms with Crippen LogP contribution >= 0.6 is 11.6 Å². The molecule has 1 saturated heterocycles. The first-order valence-corrected chi connectivity index (χ1v) is 7.50. The van der Waals surface area contributed by atoms with Crippen LogP contribution in [0.3, 0.4) is 0 Å². The van der Waals surface area contributed by atoms with Crippen molar-refractivity contribution in [1.82, 2.24) is 10.2 Å². The van der Waals surface area contributed by atoms with E-state index >= 15 is 0 Å². The molecular formula is C15H20ClN3. The molecule has 1 aromatic carbocycles. The lowest BCUT2D eigenvalue weighted by Gasteiger charge is -2.35. The Morgan fingerprint density at radius 1 is 1.11 bits per heavy atom. The van der Waals surface area contributed by atoms with E-state index in [1.807, 2.05) is 12.1 Å². The summed E-state index contributed by atoms with van der Waals surface area (Å²) in [6, 6.07) is 8.49. The van der Waals surface area contributed by atoms with Gasteiger partial charge in [-0.05, 0) is 43.6 Å². The minimum Gasteiger partial charge on any atom is -0.370 e. The van der Waals surface area contributed by atoms with Gasteiger partial charge >= 0.3 is 0 Å². The molecule has 0 amide bonds. The molecule has 1 N–H and O–H groups in total. The van der Waals surface area contributed by atoms with Crippen molar-refractivity contribution in [3.8, 4) is 0 Å². The summed E-state index contributed by atoms with van der Waals surface area (Å²) in [6.07, 6.45) is 3.93. The number of hydrogen-bond acceptors (Lipinski definition) is 3. The second-order valence-electron chi connectivity index (χ2n) is 5.24. The van der Waals surface area contributed by atoms with E-state index in [9.17, 15) is 0 Å². The van der Waals surface area contributed by atoms with Crippen molar-refractivity contribution in [2.24, 2.45) is 4.99 Å². The fourth-order valence-electron chi connectivity index (χ4n) is 2.96. The molecule has 2 aliphatic rings. The molecule has 1 aromatic rings. The number of hydrogen-bond donors (Lipinski definition) is 1. The van der Waals surface area contributed by atoms with Crippen molar-refractivity contribution in [3.63, 3.8) is 0 Å². The molecule has 0 radical (unpaired) electrons. The molecule has 0 aromatic heterocycles. The zero-order chi connectivity index (χ0) is 13.1.